The van der Waals surface area contributed by atoms with Crippen LogP contribution in [0.25, 0.3) is 0 Å². The van der Waals surface area contributed by atoms with Gasteiger partial charge in [-0.2, -0.15) is 16.9 Å². The van der Waals surface area contributed by atoms with E-state index in [0.717, 1.165) is 5.25 Å². The van der Waals surface area contributed by atoms with Crippen LogP contribution in [0.5, 0.6) is 0 Å². The fourth-order valence-electron chi connectivity index (χ4n) is 2.62. The highest BCUT2D eigenvalue weighted by atomic mass is 32.2. The molecular formula is C13H23N3S. The van der Waals surface area contributed by atoms with E-state index in [-0.39, 0.29) is 0 Å². The molecule has 0 radical (unpaired) electrons. The smallest absolute Gasteiger partial charge is 0.0537 e. The molecule has 1 saturated carbocycles. The van der Waals surface area contributed by atoms with E-state index in [2.05, 4.69) is 29.8 Å². The molecule has 1 fully saturated rings. The van der Waals surface area contributed by atoms with Crippen molar-refractivity contribution in [2.45, 2.75) is 49.9 Å². The third kappa shape index (κ3) is 3.49. The van der Waals surface area contributed by atoms with Gasteiger partial charge < -0.3 is 5.32 Å². The summed E-state index contributed by atoms with van der Waals surface area (Å²) in [7, 11) is 1.97. The van der Waals surface area contributed by atoms with Crippen LogP contribution in [0.2, 0.25) is 0 Å². The summed E-state index contributed by atoms with van der Waals surface area (Å²) >= 11 is 2.02. The second-order valence-corrected chi connectivity index (χ2v) is 6.20. The number of nitrogens with one attached hydrogen (secondary N) is 1. The first-order valence-electron chi connectivity index (χ1n) is 6.46. The van der Waals surface area contributed by atoms with Crippen molar-refractivity contribution in [3.05, 3.63) is 18.0 Å². The Labute approximate surface area is 108 Å². The molecular weight excluding hydrogens is 230 g/mol. The van der Waals surface area contributed by atoms with Gasteiger partial charge in [0.25, 0.3) is 0 Å². The van der Waals surface area contributed by atoms with E-state index in [0.29, 0.717) is 12.1 Å². The zero-order valence-electron chi connectivity index (χ0n) is 11.0. The molecule has 3 nitrogen and oxygen atoms in total. The van der Waals surface area contributed by atoms with Gasteiger partial charge in [0.1, 0.15) is 0 Å². The Hall–Kier alpha value is -0.480. The summed E-state index contributed by atoms with van der Waals surface area (Å²) in [5, 5.41) is 8.83. The molecule has 1 aliphatic carbocycles. The van der Waals surface area contributed by atoms with Gasteiger partial charge in [-0.05, 0) is 32.4 Å². The lowest BCUT2D eigenvalue weighted by atomic mass is 9.94. The summed E-state index contributed by atoms with van der Waals surface area (Å²) in [4.78, 5) is 0. The Bertz CT molecular complexity index is 350. The van der Waals surface area contributed by atoms with Gasteiger partial charge in [-0.15, -0.1) is 0 Å². The number of rotatable bonds is 4. The van der Waals surface area contributed by atoms with Crippen molar-refractivity contribution in [2.24, 2.45) is 7.05 Å². The van der Waals surface area contributed by atoms with E-state index in [9.17, 15) is 0 Å². The lowest BCUT2D eigenvalue weighted by Crippen LogP contribution is -2.36. The molecule has 1 aliphatic rings. The first kappa shape index (κ1) is 13.0. The summed E-state index contributed by atoms with van der Waals surface area (Å²) in [5.74, 6) is 0. The van der Waals surface area contributed by atoms with Gasteiger partial charge in [0.2, 0.25) is 0 Å². The van der Waals surface area contributed by atoms with Crippen LogP contribution in [0, 0.1) is 0 Å². The minimum atomic E-state index is 0.411. The maximum Gasteiger partial charge on any atom is 0.0537 e. The third-order valence-corrected chi connectivity index (χ3v) is 4.76. The summed E-state index contributed by atoms with van der Waals surface area (Å²) in [5.41, 5.74) is 1.29. The van der Waals surface area contributed by atoms with Crippen LogP contribution in [0.1, 0.15) is 44.2 Å². The predicted octanol–water partition coefficient (Wildman–Crippen LogP) is 2.74. The van der Waals surface area contributed by atoms with Gasteiger partial charge >= 0.3 is 0 Å². The molecule has 3 atom stereocenters. The van der Waals surface area contributed by atoms with Crippen molar-refractivity contribution in [1.29, 1.82) is 0 Å². The van der Waals surface area contributed by atoms with Crippen molar-refractivity contribution in [1.82, 2.24) is 15.1 Å². The Morgan fingerprint density at radius 1 is 1.53 bits per heavy atom. The molecule has 0 aliphatic heterocycles. The molecule has 0 spiro atoms. The van der Waals surface area contributed by atoms with E-state index < -0.39 is 0 Å². The van der Waals surface area contributed by atoms with Gasteiger partial charge in [-0.25, -0.2) is 0 Å². The summed E-state index contributed by atoms with van der Waals surface area (Å²) in [6, 6.07) is 1.09. The van der Waals surface area contributed by atoms with E-state index in [1.165, 1.54) is 31.2 Å². The van der Waals surface area contributed by atoms with Crippen LogP contribution < -0.4 is 5.32 Å². The second-order valence-electron chi connectivity index (χ2n) is 5.06. The van der Waals surface area contributed by atoms with Crippen molar-refractivity contribution >= 4 is 11.8 Å². The largest absolute Gasteiger partial charge is 0.307 e. The highest BCUT2D eigenvalue weighted by Crippen LogP contribution is 2.28. The summed E-state index contributed by atoms with van der Waals surface area (Å²) in [6.45, 7) is 2.24. The van der Waals surface area contributed by atoms with Gasteiger partial charge in [-0.3, -0.25) is 4.68 Å². The number of aromatic nitrogens is 2. The Morgan fingerprint density at radius 2 is 2.35 bits per heavy atom. The number of hydrogen-bond acceptors (Lipinski definition) is 3. The number of aryl methyl sites for hydroxylation is 1. The monoisotopic (exact) mass is 253 g/mol. The molecule has 96 valence electrons. The molecule has 1 aromatic heterocycles. The van der Waals surface area contributed by atoms with Gasteiger partial charge in [0.05, 0.1) is 6.20 Å². The fourth-order valence-corrected chi connectivity index (χ4v) is 3.45. The SMILES string of the molecule is CSC1CCCC(NC(C)c2cnn(C)c2)C1. The van der Waals surface area contributed by atoms with E-state index in [4.69, 9.17) is 0 Å². The van der Waals surface area contributed by atoms with Crippen LogP contribution in [0.4, 0.5) is 0 Å². The quantitative estimate of drug-likeness (QED) is 0.895. The summed E-state index contributed by atoms with van der Waals surface area (Å²) < 4.78 is 1.87. The topological polar surface area (TPSA) is 29.9 Å². The van der Waals surface area contributed by atoms with Crippen LogP contribution >= 0.6 is 11.8 Å². The average Bonchev–Trinajstić information content (AvgIpc) is 2.76. The zero-order chi connectivity index (χ0) is 12.3. The lowest BCUT2D eigenvalue weighted by Gasteiger charge is -2.30. The maximum absolute atomic E-state index is 4.23. The second kappa shape index (κ2) is 5.91. The normalized spacial score (nSPS) is 27.0. The van der Waals surface area contributed by atoms with E-state index >= 15 is 0 Å². The van der Waals surface area contributed by atoms with Crippen LogP contribution in [-0.2, 0) is 7.05 Å². The standard InChI is InChI=1S/C13H23N3S/c1-10(11-8-14-16(2)9-11)15-12-5-4-6-13(7-12)17-3/h8-10,12-13,15H,4-7H2,1-3H3. The van der Waals surface area contributed by atoms with E-state index in [1.54, 1.807) is 0 Å². The predicted molar refractivity (Wildman–Crippen MR) is 74.3 cm³/mol. The molecule has 0 bridgehead atoms. The zero-order valence-corrected chi connectivity index (χ0v) is 11.8. The maximum atomic E-state index is 4.23. The molecule has 3 unspecified atom stereocenters. The number of nitrogens with zero attached hydrogens (tertiary/aromatic N) is 2. The average molecular weight is 253 g/mol. The number of thioether (sulfide) groups is 1. The lowest BCUT2D eigenvalue weighted by molar-refractivity contribution is 0.353. The van der Waals surface area contributed by atoms with Crippen LogP contribution in [0.15, 0.2) is 12.4 Å². The summed E-state index contributed by atoms with van der Waals surface area (Å²) in [6.07, 6.45) is 11.7. The molecule has 2 rings (SSSR count). The molecule has 1 heterocycles. The number of hydrogen-bond donors (Lipinski definition) is 1. The molecule has 1 aromatic rings. The van der Waals surface area contributed by atoms with Gasteiger partial charge in [-0.1, -0.05) is 6.42 Å². The van der Waals surface area contributed by atoms with Gasteiger partial charge in [0, 0.05) is 36.1 Å². The first-order chi connectivity index (χ1) is 8.19. The molecule has 4 heteroatoms. The van der Waals surface area contributed by atoms with Gasteiger partial charge in [0.15, 0.2) is 0 Å². The van der Waals surface area contributed by atoms with Crippen LogP contribution in [-0.4, -0.2) is 27.3 Å². The minimum absolute atomic E-state index is 0.411. The Balaban J connectivity index is 1.87. The van der Waals surface area contributed by atoms with Crippen LogP contribution in [0.3, 0.4) is 0 Å². The highest BCUT2D eigenvalue weighted by Gasteiger charge is 2.22. The van der Waals surface area contributed by atoms with Crippen molar-refractivity contribution in [3.8, 4) is 0 Å². The molecule has 0 aromatic carbocycles. The van der Waals surface area contributed by atoms with E-state index in [1.807, 2.05) is 29.7 Å². The molecule has 17 heavy (non-hydrogen) atoms. The Kier molecular flexibility index (Phi) is 4.51. The molecule has 0 saturated heterocycles. The van der Waals surface area contributed by atoms with Crippen molar-refractivity contribution < 1.29 is 0 Å². The van der Waals surface area contributed by atoms with Crippen molar-refractivity contribution in [2.75, 3.05) is 6.26 Å². The Morgan fingerprint density at radius 3 is 3.00 bits per heavy atom. The fraction of sp³-hybridized carbons (Fsp3) is 0.769. The third-order valence-electron chi connectivity index (χ3n) is 3.67. The molecule has 1 N–H and O–H groups in total. The molecule has 0 amide bonds. The minimum Gasteiger partial charge on any atom is -0.307 e. The highest BCUT2D eigenvalue weighted by molar-refractivity contribution is 7.99. The first-order valence-corrected chi connectivity index (χ1v) is 7.75. The van der Waals surface area contributed by atoms with Crippen molar-refractivity contribution in [3.63, 3.8) is 0 Å².